The van der Waals surface area contributed by atoms with Crippen molar-refractivity contribution in [3.63, 3.8) is 0 Å². The third-order valence-corrected chi connectivity index (χ3v) is 2.79. The predicted molar refractivity (Wildman–Crippen MR) is 64.4 cm³/mol. The van der Waals surface area contributed by atoms with Crippen molar-refractivity contribution < 1.29 is 9.31 Å². The SMILES string of the molecule is O=[N+]([O-])c1nn(Cc2cccc(Cl)c2F)cc1Cl. The molecule has 0 spiro atoms. The van der Waals surface area contributed by atoms with Crippen molar-refractivity contribution in [2.24, 2.45) is 0 Å². The number of nitro groups is 1. The Morgan fingerprint density at radius 3 is 2.72 bits per heavy atom. The topological polar surface area (TPSA) is 61.0 Å². The largest absolute Gasteiger partial charge is 0.408 e. The van der Waals surface area contributed by atoms with E-state index in [1.54, 1.807) is 6.07 Å². The van der Waals surface area contributed by atoms with E-state index in [9.17, 15) is 14.5 Å². The van der Waals surface area contributed by atoms with Crippen LogP contribution in [0.1, 0.15) is 5.56 Å². The molecule has 2 rings (SSSR count). The van der Waals surface area contributed by atoms with Crippen LogP contribution >= 0.6 is 23.2 Å². The van der Waals surface area contributed by atoms with Gasteiger partial charge in [-0.15, -0.1) is 0 Å². The van der Waals surface area contributed by atoms with E-state index in [1.807, 2.05) is 0 Å². The number of hydrogen-bond acceptors (Lipinski definition) is 3. The third-order valence-electron chi connectivity index (χ3n) is 2.24. The number of rotatable bonds is 3. The summed E-state index contributed by atoms with van der Waals surface area (Å²) >= 11 is 11.3. The number of aromatic nitrogens is 2. The van der Waals surface area contributed by atoms with E-state index >= 15 is 0 Å². The van der Waals surface area contributed by atoms with Gasteiger partial charge in [0.15, 0.2) is 5.02 Å². The van der Waals surface area contributed by atoms with Crippen LogP contribution in [0.15, 0.2) is 24.4 Å². The van der Waals surface area contributed by atoms with E-state index in [0.29, 0.717) is 0 Å². The minimum atomic E-state index is -0.701. The minimum Gasteiger partial charge on any atom is -0.358 e. The highest BCUT2D eigenvalue weighted by atomic mass is 35.5. The predicted octanol–water partition coefficient (Wildman–Crippen LogP) is 3.29. The van der Waals surface area contributed by atoms with Gasteiger partial charge in [-0.3, -0.25) is 0 Å². The van der Waals surface area contributed by atoms with E-state index in [2.05, 4.69) is 5.10 Å². The molecule has 0 amide bonds. The fraction of sp³-hybridized carbons (Fsp3) is 0.100. The summed E-state index contributed by atoms with van der Waals surface area (Å²) in [5.41, 5.74) is 0.275. The van der Waals surface area contributed by atoms with Gasteiger partial charge in [-0.25, -0.2) is 4.39 Å². The molecule has 18 heavy (non-hydrogen) atoms. The summed E-state index contributed by atoms with van der Waals surface area (Å²) in [4.78, 5) is 9.86. The second kappa shape index (κ2) is 4.91. The molecule has 0 fully saturated rings. The Balaban J connectivity index is 2.32. The second-order valence-corrected chi connectivity index (χ2v) is 4.28. The van der Waals surface area contributed by atoms with Gasteiger partial charge in [0.05, 0.1) is 22.9 Å². The quantitative estimate of drug-likeness (QED) is 0.643. The number of benzene rings is 1. The molecule has 8 heteroatoms. The standard InChI is InChI=1S/C10H6Cl2FN3O2/c11-7-3-1-2-6(9(7)13)4-15-5-8(12)10(14-15)16(17)18/h1-3,5H,4H2. The van der Waals surface area contributed by atoms with Gasteiger partial charge < -0.3 is 10.1 Å². The fourth-order valence-corrected chi connectivity index (χ4v) is 1.85. The fourth-order valence-electron chi connectivity index (χ4n) is 1.44. The Morgan fingerprint density at radius 1 is 1.39 bits per heavy atom. The lowest BCUT2D eigenvalue weighted by atomic mass is 10.2. The Bertz CT molecular complexity index is 615. The molecule has 94 valence electrons. The first-order valence-corrected chi connectivity index (χ1v) is 5.55. The molecule has 0 aliphatic carbocycles. The Hall–Kier alpha value is -1.66. The lowest BCUT2D eigenvalue weighted by Gasteiger charge is -2.01. The Morgan fingerprint density at radius 2 is 2.11 bits per heavy atom. The van der Waals surface area contributed by atoms with Gasteiger partial charge in [0.25, 0.3) is 0 Å². The van der Waals surface area contributed by atoms with Crippen molar-refractivity contribution in [1.82, 2.24) is 9.78 Å². The van der Waals surface area contributed by atoms with Crippen LogP contribution in [-0.4, -0.2) is 14.7 Å². The molecule has 0 aliphatic rings. The van der Waals surface area contributed by atoms with Crippen molar-refractivity contribution in [2.45, 2.75) is 6.54 Å². The monoisotopic (exact) mass is 289 g/mol. The van der Waals surface area contributed by atoms with Crippen LogP contribution in [0, 0.1) is 15.9 Å². The van der Waals surface area contributed by atoms with Gasteiger partial charge in [0, 0.05) is 5.56 Å². The maximum absolute atomic E-state index is 13.6. The van der Waals surface area contributed by atoms with E-state index < -0.39 is 16.6 Å². The molecule has 1 aromatic carbocycles. The summed E-state index contributed by atoms with van der Waals surface area (Å²) < 4.78 is 14.8. The van der Waals surface area contributed by atoms with Gasteiger partial charge in [0.2, 0.25) is 0 Å². The Kier molecular flexibility index (Phi) is 3.49. The Labute approximate surface area is 111 Å². The van der Waals surface area contributed by atoms with Crippen molar-refractivity contribution in [2.75, 3.05) is 0 Å². The van der Waals surface area contributed by atoms with Crippen LogP contribution in [0.3, 0.4) is 0 Å². The van der Waals surface area contributed by atoms with Gasteiger partial charge in [-0.2, -0.15) is 4.68 Å². The first-order valence-electron chi connectivity index (χ1n) is 4.79. The van der Waals surface area contributed by atoms with Gasteiger partial charge >= 0.3 is 5.82 Å². The summed E-state index contributed by atoms with van der Waals surface area (Å²) in [6.07, 6.45) is 1.26. The second-order valence-electron chi connectivity index (χ2n) is 3.47. The van der Waals surface area contributed by atoms with Crippen LogP contribution in [0.25, 0.3) is 0 Å². The van der Waals surface area contributed by atoms with Crippen LogP contribution < -0.4 is 0 Å². The van der Waals surface area contributed by atoms with E-state index in [4.69, 9.17) is 23.2 Å². The molecule has 0 saturated carbocycles. The van der Waals surface area contributed by atoms with Crippen LogP contribution in [0.4, 0.5) is 10.2 Å². The van der Waals surface area contributed by atoms with Crippen molar-refractivity contribution in [1.29, 1.82) is 0 Å². The molecule has 0 aliphatic heterocycles. The molecule has 1 heterocycles. The maximum Gasteiger partial charge on any atom is 0.408 e. The maximum atomic E-state index is 13.6. The van der Waals surface area contributed by atoms with Crippen molar-refractivity contribution >= 4 is 29.0 Å². The number of halogens is 3. The summed E-state index contributed by atoms with van der Waals surface area (Å²) in [5.74, 6) is -1.03. The van der Waals surface area contributed by atoms with E-state index in [0.717, 1.165) is 0 Å². The van der Waals surface area contributed by atoms with E-state index in [-0.39, 0.29) is 22.2 Å². The molecule has 0 N–H and O–H groups in total. The average molecular weight is 290 g/mol. The van der Waals surface area contributed by atoms with Crippen molar-refractivity contribution in [3.8, 4) is 0 Å². The molecule has 0 bridgehead atoms. The summed E-state index contributed by atoms with van der Waals surface area (Å²) in [5, 5.41) is 14.1. The first kappa shape index (κ1) is 12.8. The average Bonchev–Trinajstić information content (AvgIpc) is 2.66. The molecule has 0 radical (unpaired) electrons. The lowest BCUT2D eigenvalue weighted by molar-refractivity contribution is -0.389. The zero-order valence-corrected chi connectivity index (χ0v) is 10.3. The smallest absolute Gasteiger partial charge is 0.358 e. The normalized spacial score (nSPS) is 10.6. The van der Waals surface area contributed by atoms with Crippen molar-refractivity contribution in [3.05, 3.63) is 55.9 Å². The molecule has 1 aromatic heterocycles. The summed E-state index contributed by atoms with van der Waals surface area (Å²) in [6.45, 7) is 0.0138. The van der Waals surface area contributed by atoms with Crippen LogP contribution in [0.5, 0.6) is 0 Å². The van der Waals surface area contributed by atoms with E-state index in [1.165, 1.54) is 23.0 Å². The molecule has 0 atom stereocenters. The van der Waals surface area contributed by atoms with Crippen LogP contribution in [0.2, 0.25) is 10.0 Å². The van der Waals surface area contributed by atoms with Crippen LogP contribution in [-0.2, 0) is 6.54 Å². The summed E-state index contributed by atoms with van der Waals surface area (Å²) in [6, 6.07) is 4.52. The van der Waals surface area contributed by atoms with Gasteiger partial charge in [-0.1, -0.05) is 35.3 Å². The summed E-state index contributed by atoms with van der Waals surface area (Å²) in [7, 11) is 0. The number of hydrogen-bond donors (Lipinski definition) is 0. The third kappa shape index (κ3) is 2.44. The molecule has 0 saturated heterocycles. The number of nitrogens with zero attached hydrogens (tertiary/aromatic N) is 3. The zero-order chi connectivity index (χ0) is 13.3. The highest BCUT2D eigenvalue weighted by Crippen LogP contribution is 2.23. The molecule has 5 nitrogen and oxygen atoms in total. The zero-order valence-electron chi connectivity index (χ0n) is 8.81. The lowest BCUT2D eigenvalue weighted by Crippen LogP contribution is -2.03. The van der Waals surface area contributed by atoms with Gasteiger partial charge in [0.1, 0.15) is 5.82 Å². The first-order chi connectivity index (χ1) is 8.49. The molecular formula is C10H6Cl2FN3O2. The molecule has 0 unspecified atom stereocenters. The molecule has 2 aromatic rings. The highest BCUT2D eigenvalue weighted by Gasteiger charge is 2.19. The highest BCUT2D eigenvalue weighted by molar-refractivity contribution is 6.32. The molecular weight excluding hydrogens is 284 g/mol. The minimum absolute atomic E-state index is 0.0137. The van der Waals surface area contributed by atoms with Gasteiger partial charge in [-0.05, 0) is 11.0 Å².